The molecule has 0 aliphatic heterocycles. The summed E-state index contributed by atoms with van der Waals surface area (Å²) in [4.78, 5) is 1.05. The number of rotatable bonds is 3. The minimum Gasteiger partial charge on any atom is -0.487 e. The highest BCUT2D eigenvalue weighted by molar-refractivity contribution is 9.10. The molecule has 4 heteroatoms. The van der Waals surface area contributed by atoms with Crippen molar-refractivity contribution in [2.45, 2.75) is 6.61 Å². The quantitative estimate of drug-likeness (QED) is 0.795. The molecule has 1 heterocycles. The van der Waals surface area contributed by atoms with Crippen molar-refractivity contribution in [2.24, 2.45) is 0 Å². The summed E-state index contributed by atoms with van der Waals surface area (Å²) in [6.45, 7) is 0.513. The van der Waals surface area contributed by atoms with Crippen LogP contribution >= 0.6 is 38.9 Å². The molecule has 0 bridgehead atoms. The molecule has 1 aromatic carbocycles. The van der Waals surface area contributed by atoms with Crippen LogP contribution in [0.3, 0.4) is 0 Å². The summed E-state index contributed by atoms with van der Waals surface area (Å²) < 4.78 is 6.60. The van der Waals surface area contributed by atoms with E-state index in [4.69, 9.17) is 16.3 Å². The first-order valence-electron chi connectivity index (χ1n) is 4.36. The van der Waals surface area contributed by atoms with Gasteiger partial charge in [0, 0.05) is 0 Å². The normalized spacial score (nSPS) is 10.3. The van der Waals surface area contributed by atoms with Crippen molar-refractivity contribution in [3.63, 3.8) is 0 Å². The molecule has 0 radical (unpaired) electrons. The van der Waals surface area contributed by atoms with Gasteiger partial charge in [-0.25, -0.2) is 0 Å². The van der Waals surface area contributed by atoms with E-state index in [1.807, 2.05) is 35.7 Å². The molecule has 1 aromatic heterocycles. The summed E-state index contributed by atoms with van der Waals surface area (Å²) in [5.74, 6) is 0.835. The van der Waals surface area contributed by atoms with Crippen molar-refractivity contribution in [1.29, 1.82) is 0 Å². The Kier molecular flexibility index (Phi) is 3.67. The van der Waals surface area contributed by atoms with Crippen LogP contribution in [-0.4, -0.2) is 0 Å². The van der Waals surface area contributed by atoms with Gasteiger partial charge in [0.1, 0.15) is 12.4 Å². The third-order valence-corrected chi connectivity index (χ3v) is 3.90. The van der Waals surface area contributed by atoms with E-state index in [-0.39, 0.29) is 0 Å². The molecule has 0 atom stereocenters. The lowest BCUT2D eigenvalue weighted by Gasteiger charge is -2.06. The summed E-state index contributed by atoms with van der Waals surface area (Å²) >= 11 is 11.0. The summed E-state index contributed by atoms with van der Waals surface area (Å²) in [5, 5.41) is 2.73. The monoisotopic (exact) mass is 302 g/mol. The highest BCUT2D eigenvalue weighted by Crippen LogP contribution is 2.27. The number of hydrogen-bond donors (Lipinski definition) is 0. The van der Waals surface area contributed by atoms with Crippen molar-refractivity contribution < 1.29 is 4.74 Å². The van der Waals surface area contributed by atoms with Crippen molar-refractivity contribution in [3.8, 4) is 5.75 Å². The van der Waals surface area contributed by atoms with E-state index in [0.717, 1.165) is 20.1 Å². The summed E-state index contributed by atoms with van der Waals surface area (Å²) in [7, 11) is 0. The molecule has 0 amide bonds. The average molecular weight is 304 g/mol. The predicted molar refractivity (Wildman–Crippen MR) is 67.8 cm³/mol. The Bertz CT molecular complexity index is 455. The van der Waals surface area contributed by atoms with E-state index in [0.29, 0.717) is 6.61 Å². The van der Waals surface area contributed by atoms with Crippen LogP contribution in [-0.2, 0) is 6.61 Å². The second-order valence-corrected chi connectivity index (χ2v) is 5.17. The van der Waals surface area contributed by atoms with Gasteiger partial charge >= 0.3 is 0 Å². The smallest absolute Gasteiger partial charge is 0.134 e. The lowest BCUT2D eigenvalue weighted by atomic mass is 10.3. The molecule has 0 N–H and O–H groups in total. The maximum atomic E-state index is 5.96. The van der Waals surface area contributed by atoms with E-state index >= 15 is 0 Å². The number of halogens is 2. The first kappa shape index (κ1) is 11.0. The summed E-state index contributed by atoms with van der Waals surface area (Å²) in [5.41, 5.74) is 0. The van der Waals surface area contributed by atoms with Gasteiger partial charge < -0.3 is 4.74 Å². The van der Waals surface area contributed by atoms with Crippen molar-refractivity contribution >= 4 is 38.9 Å². The number of hydrogen-bond acceptors (Lipinski definition) is 2. The fourth-order valence-corrected chi connectivity index (χ4v) is 2.53. The van der Waals surface area contributed by atoms with Gasteiger partial charge in [0.15, 0.2) is 0 Å². The fourth-order valence-electron chi connectivity index (χ4n) is 1.13. The maximum absolute atomic E-state index is 5.96. The van der Waals surface area contributed by atoms with Gasteiger partial charge in [0.25, 0.3) is 0 Å². The van der Waals surface area contributed by atoms with E-state index in [1.165, 1.54) is 0 Å². The zero-order chi connectivity index (χ0) is 10.7. The van der Waals surface area contributed by atoms with Gasteiger partial charge in [0.2, 0.25) is 0 Å². The largest absolute Gasteiger partial charge is 0.487 e. The lowest BCUT2D eigenvalue weighted by Crippen LogP contribution is -1.93. The minimum absolute atomic E-state index is 0.513. The highest BCUT2D eigenvalue weighted by Gasteiger charge is 2.04. The Morgan fingerprint density at radius 3 is 2.73 bits per heavy atom. The number of ether oxygens (including phenoxy) is 1. The fraction of sp³-hybridized carbons (Fsp3) is 0.0909. The number of benzene rings is 1. The molecular weight excluding hydrogens is 296 g/mol. The first-order valence-corrected chi connectivity index (χ1v) is 6.41. The topological polar surface area (TPSA) is 9.23 Å². The second kappa shape index (κ2) is 5.01. The van der Waals surface area contributed by atoms with Gasteiger partial charge in [-0.15, -0.1) is 11.3 Å². The van der Waals surface area contributed by atoms with Crippen LogP contribution in [0, 0.1) is 0 Å². The Balaban J connectivity index is 2.06. The van der Waals surface area contributed by atoms with Gasteiger partial charge in [-0.1, -0.05) is 23.7 Å². The molecule has 0 aliphatic carbocycles. The van der Waals surface area contributed by atoms with Crippen LogP contribution < -0.4 is 4.74 Å². The standard InChI is InChI=1S/C11H8BrClOS/c12-8-3-1-2-4-10(8)14-7-11-9(13)5-6-15-11/h1-6H,7H2. The third kappa shape index (κ3) is 2.74. The molecule has 78 valence electrons. The zero-order valence-corrected chi connectivity index (χ0v) is 10.9. The molecule has 0 unspecified atom stereocenters. The highest BCUT2D eigenvalue weighted by atomic mass is 79.9. The summed E-state index contributed by atoms with van der Waals surface area (Å²) in [6, 6.07) is 9.65. The Morgan fingerprint density at radius 2 is 2.07 bits per heavy atom. The number of thiophene rings is 1. The van der Waals surface area contributed by atoms with Gasteiger partial charge in [-0.05, 0) is 39.5 Å². The lowest BCUT2D eigenvalue weighted by molar-refractivity contribution is 0.308. The van der Waals surface area contributed by atoms with Crippen molar-refractivity contribution in [2.75, 3.05) is 0 Å². The Morgan fingerprint density at radius 1 is 1.27 bits per heavy atom. The van der Waals surface area contributed by atoms with Gasteiger partial charge in [0.05, 0.1) is 14.4 Å². The van der Waals surface area contributed by atoms with E-state index in [9.17, 15) is 0 Å². The molecular formula is C11H8BrClOS. The van der Waals surface area contributed by atoms with Crippen molar-refractivity contribution in [1.82, 2.24) is 0 Å². The molecule has 2 aromatic rings. The van der Waals surface area contributed by atoms with Crippen LogP contribution in [0.1, 0.15) is 4.88 Å². The molecule has 15 heavy (non-hydrogen) atoms. The molecule has 0 spiro atoms. The molecule has 0 saturated heterocycles. The van der Waals surface area contributed by atoms with Crippen molar-refractivity contribution in [3.05, 3.63) is 50.1 Å². The SMILES string of the molecule is Clc1ccsc1COc1ccccc1Br. The zero-order valence-electron chi connectivity index (χ0n) is 7.74. The van der Waals surface area contributed by atoms with Crippen LogP contribution in [0.2, 0.25) is 5.02 Å². The third-order valence-electron chi connectivity index (χ3n) is 1.89. The van der Waals surface area contributed by atoms with E-state index in [2.05, 4.69) is 15.9 Å². The second-order valence-electron chi connectivity index (χ2n) is 2.91. The van der Waals surface area contributed by atoms with Gasteiger partial charge in [-0.3, -0.25) is 0 Å². The van der Waals surface area contributed by atoms with Crippen LogP contribution in [0.5, 0.6) is 5.75 Å². The van der Waals surface area contributed by atoms with Crippen LogP contribution in [0.15, 0.2) is 40.2 Å². The molecule has 2 rings (SSSR count). The van der Waals surface area contributed by atoms with Crippen LogP contribution in [0.25, 0.3) is 0 Å². The minimum atomic E-state index is 0.513. The van der Waals surface area contributed by atoms with Crippen LogP contribution in [0.4, 0.5) is 0 Å². The number of para-hydroxylation sites is 1. The molecule has 1 nitrogen and oxygen atoms in total. The summed E-state index contributed by atoms with van der Waals surface area (Å²) in [6.07, 6.45) is 0. The Labute approximate surface area is 106 Å². The first-order chi connectivity index (χ1) is 7.27. The maximum Gasteiger partial charge on any atom is 0.134 e. The predicted octanol–water partition coefficient (Wildman–Crippen LogP) is 4.74. The van der Waals surface area contributed by atoms with E-state index in [1.54, 1.807) is 11.3 Å². The molecule has 0 fully saturated rings. The molecule has 0 aliphatic rings. The van der Waals surface area contributed by atoms with Gasteiger partial charge in [-0.2, -0.15) is 0 Å². The average Bonchev–Trinajstić information content (AvgIpc) is 2.63. The Hall–Kier alpha value is -0.510. The van der Waals surface area contributed by atoms with E-state index < -0.39 is 0 Å². The molecule has 0 saturated carbocycles.